The van der Waals surface area contributed by atoms with Crippen LogP contribution in [0.5, 0.6) is 5.75 Å². The van der Waals surface area contributed by atoms with E-state index in [-0.39, 0.29) is 11.3 Å². The molecule has 0 bridgehead atoms. The van der Waals surface area contributed by atoms with Gasteiger partial charge in [-0.1, -0.05) is 67.9 Å². The van der Waals surface area contributed by atoms with Gasteiger partial charge in [-0.3, -0.25) is 9.59 Å². The summed E-state index contributed by atoms with van der Waals surface area (Å²) in [5.74, 6) is -0.437. The van der Waals surface area contributed by atoms with E-state index in [1.807, 2.05) is 68.4 Å². The first-order valence-corrected chi connectivity index (χ1v) is 13.0. The van der Waals surface area contributed by atoms with Gasteiger partial charge in [0.05, 0.1) is 11.6 Å². The molecule has 0 aromatic heterocycles. The molecule has 1 fully saturated rings. The second-order valence-corrected chi connectivity index (χ2v) is 10.4. The maximum atomic E-state index is 13.2. The van der Waals surface area contributed by atoms with E-state index >= 15 is 0 Å². The van der Waals surface area contributed by atoms with Gasteiger partial charge in [-0.05, 0) is 67.9 Å². The van der Waals surface area contributed by atoms with Crippen LogP contribution in [-0.2, 0) is 16.2 Å². The Morgan fingerprint density at radius 2 is 1.68 bits per heavy atom. The van der Waals surface area contributed by atoms with Crippen molar-refractivity contribution in [2.75, 3.05) is 27.2 Å². The smallest absolute Gasteiger partial charge is 0.295 e. The molecule has 1 saturated heterocycles. The highest BCUT2D eigenvalue weighted by Gasteiger charge is 2.45. The summed E-state index contributed by atoms with van der Waals surface area (Å²) in [6.45, 7) is 7.67. The van der Waals surface area contributed by atoms with Crippen molar-refractivity contribution in [2.24, 2.45) is 0 Å². The van der Waals surface area contributed by atoms with Gasteiger partial charge in [0.2, 0.25) is 0 Å². The number of rotatable bonds is 9. The molecule has 0 saturated carbocycles. The predicted molar refractivity (Wildman–Crippen MR) is 150 cm³/mol. The molecule has 3 aromatic rings. The first-order valence-electron chi connectivity index (χ1n) is 13.0. The molecule has 6 nitrogen and oxygen atoms in total. The Kier molecular flexibility index (Phi) is 8.32. The number of Topliss-reactive ketones (excluding diaryl/α,β-unsaturated/α-hetero) is 1. The van der Waals surface area contributed by atoms with Crippen molar-refractivity contribution in [3.8, 4) is 5.75 Å². The molecule has 198 valence electrons. The van der Waals surface area contributed by atoms with Gasteiger partial charge < -0.3 is 19.6 Å². The lowest BCUT2D eigenvalue weighted by Crippen LogP contribution is -2.35. The van der Waals surface area contributed by atoms with Crippen LogP contribution in [0.4, 0.5) is 0 Å². The number of likely N-dealkylation sites (N-methyl/N-ethyl adjacent to an activating group) is 1. The van der Waals surface area contributed by atoms with Gasteiger partial charge in [0.1, 0.15) is 18.1 Å². The van der Waals surface area contributed by atoms with Crippen molar-refractivity contribution in [2.45, 2.75) is 39.3 Å². The van der Waals surface area contributed by atoms with Crippen molar-refractivity contribution in [1.82, 2.24) is 9.80 Å². The summed E-state index contributed by atoms with van der Waals surface area (Å²) in [6, 6.07) is 22.4. The average Bonchev–Trinajstić information content (AvgIpc) is 3.15. The second kappa shape index (κ2) is 11.7. The van der Waals surface area contributed by atoms with Crippen molar-refractivity contribution < 1.29 is 19.4 Å². The third-order valence-corrected chi connectivity index (χ3v) is 6.86. The molecule has 3 aromatic carbocycles. The fourth-order valence-corrected chi connectivity index (χ4v) is 4.66. The topological polar surface area (TPSA) is 70.1 Å². The first-order chi connectivity index (χ1) is 18.2. The van der Waals surface area contributed by atoms with Crippen LogP contribution in [0.1, 0.15) is 53.6 Å². The van der Waals surface area contributed by atoms with Crippen molar-refractivity contribution in [3.63, 3.8) is 0 Å². The lowest BCUT2D eigenvalue weighted by atomic mass is 9.93. The molecule has 4 rings (SSSR count). The van der Waals surface area contributed by atoms with Gasteiger partial charge >= 0.3 is 0 Å². The lowest BCUT2D eigenvalue weighted by molar-refractivity contribution is -0.140. The summed E-state index contributed by atoms with van der Waals surface area (Å²) < 4.78 is 5.91. The van der Waals surface area contributed by atoms with E-state index in [9.17, 15) is 14.7 Å². The Hall–Kier alpha value is -3.90. The minimum Gasteiger partial charge on any atom is -0.507 e. The molecule has 1 N–H and O–H groups in total. The fraction of sp³-hybridized carbons (Fsp3) is 0.312. The zero-order valence-electron chi connectivity index (χ0n) is 22.8. The number of carbonyl (C=O) groups is 2. The molecule has 38 heavy (non-hydrogen) atoms. The number of ketones is 1. The number of carbonyl (C=O) groups excluding carboxylic acids is 2. The van der Waals surface area contributed by atoms with E-state index in [1.165, 1.54) is 11.1 Å². The summed E-state index contributed by atoms with van der Waals surface area (Å²) in [5, 5.41) is 11.3. The number of aliphatic hydroxyl groups excluding tert-OH is 1. The standard InChI is InChI=1S/C32H36N2O4/c1-21(2)24-9-11-25(12-10-24)29-28(31(36)32(37)34(29)18-17-33(4)5)30(35)26-13-15-27(16-14-26)38-20-23-8-6-7-22(3)19-23/h6-16,19,21,29,35H,17-18,20H2,1-5H3/b30-28+/t29-/m0/s1. The normalized spacial score (nSPS) is 17.0. The number of nitrogens with zero attached hydrogens (tertiary/aromatic N) is 2. The Morgan fingerprint density at radius 3 is 2.29 bits per heavy atom. The van der Waals surface area contributed by atoms with Crippen molar-refractivity contribution in [1.29, 1.82) is 0 Å². The number of likely N-dealkylation sites (tertiary alicyclic amines) is 1. The van der Waals surface area contributed by atoms with E-state index in [0.717, 1.165) is 11.1 Å². The van der Waals surface area contributed by atoms with Crippen molar-refractivity contribution in [3.05, 3.63) is 106 Å². The highest BCUT2D eigenvalue weighted by Crippen LogP contribution is 2.39. The number of hydrogen-bond acceptors (Lipinski definition) is 5. The monoisotopic (exact) mass is 512 g/mol. The Labute approximate surface area is 225 Å². The van der Waals surface area contributed by atoms with Crippen LogP contribution in [0, 0.1) is 6.92 Å². The highest BCUT2D eigenvalue weighted by atomic mass is 16.5. The molecule has 6 heteroatoms. The Balaban J connectivity index is 1.65. The third-order valence-electron chi connectivity index (χ3n) is 6.86. The van der Waals surface area contributed by atoms with Gasteiger partial charge in [0.15, 0.2) is 0 Å². The van der Waals surface area contributed by atoms with Crippen LogP contribution in [0.15, 0.2) is 78.4 Å². The van der Waals surface area contributed by atoms with Crippen LogP contribution < -0.4 is 4.74 Å². The SMILES string of the molecule is Cc1cccc(COc2ccc(/C(O)=C3\C(=O)C(=O)N(CCN(C)C)[C@H]3c3ccc(C(C)C)cc3)cc2)c1. The second-order valence-electron chi connectivity index (χ2n) is 10.4. The fourth-order valence-electron chi connectivity index (χ4n) is 4.66. The summed E-state index contributed by atoms with van der Waals surface area (Å²) in [4.78, 5) is 29.9. The minimum absolute atomic E-state index is 0.111. The molecule has 0 unspecified atom stereocenters. The Bertz CT molecular complexity index is 1320. The molecular formula is C32H36N2O4. The molecule has 1 aliphatic rings. The lowest BCUT2D eigenvalue weighted by Gasteiger charge is -2.27. The van der Waals surface area contributed by atoms with Crippen LogP contribution in [0.3, 0.4) is 0 Å². The molecule has 0 radical (unpaired) electrons. The van der Waals surface area contributed by atoms with E-state index < -0.39 is 17.7 Å². The summed E-state index contributed by atoms with van der Waals surface area (Å²) >= 11 is 0. The minimum atomic E-state index is -0.668. The molecule has 1 amide bonds. The van der Waals surface area contributed by atoms with Gasteiger partial charge in [-0.15, -0.1) is 0 Å². The van der Waals surface area contributed by atoms with E-state index in [0.29, 0.717) is 36.9 Å². The number of amides is 1. The summed E-state index contributed by atoms with van der Waals surface area (Å²) in [6.07, 6.45) is 0. The number of aliphatic hydroxyl groups is 1. The predicted octanol–water partition coefficient (Wildman–Crippen LogP) is 5.68. The van der Waals surface area contributed by atoms with E-state index in [4.69, 9.17) is 4.74 Å². The third kappa shape index (κ3) is 5.97. The van der Waals surface area contributed by atoms with Crippen molar-refractivity contribution >= 4 is 17.4 Å². The quantitative estimate of drug-likeness (QED) is 0.227. The number of ether oxygens (including phenoxy) is 1. The molecule has 1 aliphatic heterocycles. The van der Waals surface area contributed by atoms with Crippen LogP contribution in [0.25, 0.3) is 5.76 Å². The van der Waals surface area contributed by atoms with Gasteiger partial charge in [0, 0.05) is 18.7 Å². The van der Waals surface area contributed by atoms with Gasteiger partial charge in [-0.25, -0.2) is 0 Å². The average molecular weight is 513 g/mol. The molecule has 0 aliphatic carbocycles. The van der Waals surface area contributed by atoms with E-state index in [1.54, 1.807) is 29.2 Å². The molecule has 1 atom stereocenters. The van der Waals surface area contributed by atoms with Crippen LogP contribution >= 0.6 is 0 Å². The number of benzene rings is 3. The number of aryl methyl sites for hydroxylation is 1. The maximum absolute atomic E-state index is 13.2. The molecular weight excluding hydrogens is 476 g/mol. The zero-order chi connectivity index (χ0) is 27.4. The van der Waals surface area contributed by atoms with E-state index in [2.05, 4.69) is 19.9 Å². The van der Waals surface area contributed by atoms with Crippen LogP contribution in [-0.4, -0.2) is 53.8 Å². The summed E-state index contributed by atoms with van der Waals surface area (Å²) in [7, 11) is 3.84. The first kappa shape index (κ1) is 27.1. The Morgan fingerprint density at radius 1 is 1.00 bits per heavy atom. The van der Waals surface area contributed by atoms with Crippen LogP contribution in [0.2, 0.25) is 0 Å². The number of hydrogen-bond donors (Lipinski definition) is 1. The zero-order valence-corrected chi connectivity index (χ0v) is 22.8. The maximum Gasteiger partial charge on any atom is 0.295 e. The molecule has 1 heterocycles. The van der Waals surface area contributed by atoms with Gasteiger partial charge in [-0.2, -0.15) is 0 Å². The molecule has 0 spiro atoms. The summed E-state index contributed by atoms with van der Waals surface area (Å²) in [5.41, 5.74) is 4.77. The largest absolute Gasteiger partial charge is 0.507 e. The van der Waals surface area contributed by atoms with Gasteiger partial charge in [0.25, 0.3) is 11.7 Å². The highest BCUT2D eigenvalue weighted by molar-refractivity contribution is 6.46.